The summed E-state index contributed by atoms with van der Waals surface area (Å²) < 4.78 is 4.58. The maximum atomic E-state index is 11.2. The van der Waals surface area contributed by atoms with E-state index in [0.29, 0.717) is 18.8 Å². The van der Waals surface area contributed by atoms with Gasteiger partial charge in [0.1, 0.15) is 5.69 Å². The molecule has 1 aromatic carbocycles. The molecular weight excluding hydrogens is 248 g/mol. The maximum Gasteiger partial charge on any atom is 0.307 e. The number of nitro groups is 1. The standard InChI is InChI=1S/C13H18N2O4/c1-4-14(8-7-13(16)19-3)12-9-10(2)5-6-11(12)15(17)18/h5-6,9H,4,7-8H2,1-3H3. The monoisotopic (exact) mass is 266 g/mol. The SMILES string of the molecule is CCN(CCC(=O)OC)c1cc(C)ccc1[N+](=O)[O-]. The summed E-state index contributed by atoms with van der Waals surface area (Å²) in [5, 5.41) is 11.0. The first-order chi connectivity index (χ1) is 8.99. The van der Waals surface area contributed by atoms with E-state index < -0.39 is 4.92 Å². The van der Waals surface area contributed by atoms with Gasteiger partial charge in [0.25, 0.3) is 5.69 Å². The van der Waals surface area contributed by atoms with E-state index in [9.17, 15) is 14.9 Å². The van der Waals surface area contributed by atoms with E-state index in [1.807, 2.05) is 18.7 Å². The molecule has 0 bridgehead atoms. The summed E-state index contributed by atoms with van der Waals surface area (Å²) in [4.78, 5) is 23.6. The number of anilines is 1. The van der Waals surface area contributed by atoms with Gasteiger partial charge in [-0.3, -0.25) is 14.9 Å². The van der Waals surface area contributed by atoms with Gasteiger partial charge in [-0.15, -0.1) is 0 Å². The molecule has 104 valence electrons. The highest BCUT2D eigenvalue weighted by Gasteiger charge is 2.19. The first-order valence-electron chi connectivity index (χ1n) is 6.06. The number of benzene rings is 1. The van der Waals surface area contributed by atoms with Gasteiger partial charge < -0.3 is 9.64 Å². The van der Waals surface area contributed by atoms with Crippen LogP contribution < -0.4 is 4.90 Å². The largest absolute Gasteiger partial charge is 0.469 e. The van der Waals surface area contributed by atoms with Crippen LogP contribution in [-0.2, 0) is 9.53 Å². The van der Waals surface area contributed by atoms with Crippen LogP contribution >= 0.6 is 0 Å². The van der Waals surface area contributed by atoms with Gasteiger partial charge in [0, 0.05) is 19.2 Å². The lowest BCUT2D eigenvalue weighted by atomic mass is 10.1. The summed E-state index contributed by atoms with van der Waals surface area (Å²) in [5.41, 5.74) is 1.53. The minimum Gasteiger partial charge on any atom is -0.469 e. The van der Waals surface area contributed by atoms with Crippen molar-refractivity contribution in [1.29, 1.82) is 0 Å². The molecule has 0 aromatic heterocycles. The van der Waals surface area contributed by atoms with Crippen LogP contribution in [0.3, 0.4) is 0 Å². The highest BCUT2D eigenvalue weighted by molar-refractivity contribution is 5.71. The Bertz CT molecular complexity index is 474. The van der Waals surface area contributed by atoms with Crippen molar-refractivity contribution in [3.8, 4) is 0 Å². The Morgan fingerprint density at radius 2 is 2.16 bits per heavy atom. The van der Waals surface area contributed by atoms with Crippen LogP contribution in [0.2, 0.25) is 0 Å². The maximum absolute atomic E-state index is 11.2. The summed E-state index contributed by atoms with van der Waals surface area (Å²) in [6.45, 7) is 4.75. The molecule has 0 fully saturated rings. The van der Waals surface area contributed by atoms with Crippen molar-refractivity contribution < 1.29 is 14.5 Å². The molecule has 0 spiro atoms. The molecule has 6 nitrogen and oxygen atoms in total. The van der Waals surface area contributed by atoms with E-state index in [2.05, 4.69) is 4.74 Å². The number of hydrogen-bond donors (Lipinski definition) is 0. The highest BCUT2D eigenvalue weighted by Crippen LogP contribution is 2.29. The zero-order valence-electron chi connectivity index (χ0n) is 11.4. The predicted molar refractivity (Wildman–Crippen MR) is 72.4 cm³/mol. The molecule has 0 N–H and O–H groups in total. The Kier molecular flexibility index (Phi) is 5.29. The van der Waals surface area contributed by atoms with Crippen LogP contribution in [0.1, 0.15) is 18.9 Å². The number of ether oxygens (including phenoxy) is 1. The van der Waals surface area contributed by atoms with Crippen molar-refractivity contribution in [2.75, 3.05) is 25.1 Å². The van der Waals surface area contributed by atoms with Gasteiger partial charge in [-0.1, -0.05) is 6.07 Å². The third-order valence-electron chi connectivity index (χ3n) is 2.86. The predicted octanol–water partition coefficient (Wildman–Crippen LogP) is 2.29. The first kappa shape index (κ1) is 14.9. The molecule has 0 heterocycles. The minimum atomic E-state index is -0.407. The van der Waals surface area contributed by atoms with Crippen molar-refractivity contribution in [3.05, 3.63) is 33.9 Å². The Morgan fingerprint density at radius 3 is 2.68 bits per heavy atom. The lowest BCUT2D eigenvalue weighted by Gasteiger charge is -2.22. The lowest BCUT2D eigenvalue weighted by molar-refractivity contribution is -0.384. The Hall–Kier alpha value is -2.11. The fraction of sp³-hybridized carbons (Fsp3) is 0.462. The molecule has 1 rings (SSSR count). The molecule has 0 unspecified atom stereocenters. The number of aryl methyl sites for hydroxylation is 1. The third kappa shape index (κ3) is 3.94. The summed E-state index contributed by atoms with van der Waals surface area (Å²) in [5.74, 6) is -0.325. The first-order valence-corrected chi connectivity index (χ1v) is 6.06. The number of carbonyl (C=O) groups excluding carboxylic acids is 1. The summed E-state index contributed by atoms with van der Waals surface area (Å²) >= 11 is 0. The van der Waals surface area contributed by atoms with Crippen LogP contribution in [0.15, 0.2) is 18.2 Å². The normalized spacial score (nSPS) is 10.1. The zero-order valence-corrected chi connectivity index (χ0v) is 11.4. The number of nitrogens with zero attached hydrogens (tertiary/aromatic N) is 2. The van der Waals surface area contributed by atoms with Gasteiger partial charge in [-0.25, -0.2) is 0 Å². The fourth-order valence-electron chi connectivity index (χ4n) is 1.82. The van der Waals surface area contributed by atoms with Gasteiger partial charge in [0.05, 0.1) is 18.5 Å². The molecule has 19 heavy (non-hydrogen) atoms. The molecule has 6 heteroatoms. The lowest BCUT2D eigenvalue weighted by Crippen LogP contribution is -2.26. The molecule has 0 saturated heterocycles. The van der Waals surface area contributed by atoms with Crippen LogP contribution in [-0.4, -0.2) is 31.1 Å². The molecule has 0 atom stereocenters. The van der Waals surface area contributed by atoms with E-state index in [-0.39, 0.29) is 18.1 Å². The third-order valence-corrected chi connectivity index (χ3v) is 2.86. The molecule has 0 aliphatic carbocycles. The van der Waals surface area contributed by atoms with Crippen LogP contribution in [0.25, 0.3) is 0 Å². The second-order valence-corrected chi connectivity index (χ2v) is 4.16. The van der Waals surface area contributed by atoms with Gasteiger partial charge in [0.15, 0.2) is 0 Å². The number of methoxy groups -OCH3 is 1. The number of hydrogen-bond acceptors (Lipinski definition) is 5. The molecule has 0 aliphatic rings. The molecule has 0 saturated carbocycles. The number of nitro benzene ring substituents is 1. The molecular formula is C13H18N2O4. The molecule has 1 aromatic rings. The molecule has 0 amide bonds. The summed E-state index contributed by atoms with van der Waals surface area (Å²) in [6, 6.07) is 4.96. The van der Waals surface area contributed by atoms with Gasteiger partial charge >= 0.3 is 5.97 Å². The molecule has 0 aliphatic heterocycles. The second-order valence-electron chi connectivity index (χ2n) is 4.16. The zero-order chi connectivity index (χ0) is 14.4. The fourth-order valence-corrected chi connectivity index (χ4v) is 1.82. The quantitative estimate of drug-likeness (QED) is 0.448. The van der Waals surface area contributed by atoms with Crippen molar-refractivity contribution in [2.45, 2.75) is 20.3 Å². The van der Waals surface area contributed by atoms with E-state index >= 15 is 0 Å². The Labute approximate surface area is 112 Å². The summed E-state index contributed by atoms with van der Waals surface area (Å²) in [6.07, 6.45) is 0.204. The minimum absolute atomic E-state index is 0.0531. The average Bonchev–Trinajstić information content (AvgIpc) is 2.38. The number of rotatable bonds is 6. The second kappa shape index (κ2) is 6.72. The van der Waals surface area contributed by atoms with Gasteiger partial charge in [0.2, 0.25) is 0 Å². The van der Waals surface area contributed by atoms with Crippen LogP contribution in [0, 0.1) is 17.0 Å². The average molecular weight is 266 g/mol. The van der Waals surface area contributed by atoms with Crippen molar-refractivity contribution in [2.24, 2.45) is 0 Å². The topological polar surface area (TPSA) is 72.7 Å². The molecule has 0 radical (unpaired) electrons. The van der Waals surface area contributed by atoms with Crippen molar-refractivity contribution >= 4 is 17.3 Å². The Balaban J connectivity index is 2.99. The van der Waals surface area contributed by atoms with E-state index in [1.165, 1.54) is 13.2 Å². The van der Waals surface area contributed by atoms with Crippen molar-refractivity contribution in [1.82, 2.24) is 0 Å². The van der Waals surface area contributed by atoms with Crippen LogP contribution in [0.5, 0.6) is 0 Å². The smallest absolute Gasteiger partial charge is 0.307 e. The van der Waals surface area contributed by atoms with Crippen molar-refractivity contribution in [3.63, 3.8) is 0 Å². The van der Waals surface area contributed by atoms with Crippen LogP contribution in [0.4, 0.5) is 11.4 Å². The van der Waals surface area contributed by atoms with E-state index in [0.717, 1.165) is 5.56 Å². The van der Waals surface area contributed by atoms with Gasteiger partial charge in [-0.05, 0) is 25.5 Å². The Morgan fingerprint density at radius 1 is 1.47 bits per heavy atom. The highest BCUT2D eigenvalue weighted by atomic mass is 16.6. The van der Waals surface area contributed by atoms with Gasteiger partial charge in [-0.2, -0.15) is 0 Å². The van der Waals surface area contributed by atoms with E-state index in [4.69, 9.17) is 0 Å². The van der Waals surface area contributed by atoms with E-state index in [1.54, 1.807) is 12.1 Å². The number of carbonyl (C=O) groups is 1. The number of esters is 1. The summed E-state index contributed by atoms with van der Waals surface area (Å²) in [7, 11) is 1.33.